The second kappa shape index (κ2) is 6.99. The SMILES string of the molecule is O=C(Cc1c(F)cccc1Cl)N1CCC(c2[nH]nc3nccnc23)CC1. The van der Waals surface area contributed by atoms with Gasteiger partial charge < -0.3 is 4.90 Å². The minimum Gasteiger partial charge on any atom is -0.342 e. The summed E-state index contributed by atoms with van der Waals surface area (Å²) in [5.74, 6) is -0.300. The molecule has 1 amide bonds. The van der Waals surface area contributed by atoms with Crippen LogP contribution in [0.1, 0.15) is 30.0 Å². The van der Waals surface area contributed by atoms with Crippen LogP contribution in [-0.2, 0) is 11.2 Å². The normalized spacial score (nSPS) is 15.5. The number of rotatable bonds is 3. The molecule has 1 saturated heterocycles. The number of H-pyrrole nitrogens is 1. The van der Waals surface area contributed by atoms with Crippen LogP contribution in [0.25, 0.3) is 11.2 Å². The highest BCUT2D eigenvalue weighted by Gasteiger charge is 2.27. The molecular formula is C18H17ClFN5O. The smallest absolute Gasteiger partial charge is 0.227 e. The average Bonchev–Trinajstić information content (AvgIpc) is 3.09. The van der Waals surface area contributed by atoms with Crippen LogP contribution in [0.5, 0.6) is 0 Å². The number of amides is 1. The van der Waals surface area contributed by atoms with Crippen molar-refractivity contribution in [3.05, 3.63) is 52.7 Å². The standard InChI is InChI=1S/C18H17ClFN5O/c19-13-2-1-3-14(20)12(13)10-15(26)25-8-4-11(5-9-25)16-17-18(24-23-16)22-7-6-21-17/h1-3,6-7,11H,4-5,8-10H2,(H,22,23,24). The molecule has 0 radical (unpaired) electrons. The van der Waals surface area contributed by atoms with Crippen LogP contribution < -0.4 is 0 Å². The van der Waals surface area contributed by atoms with Gasteiger partial charge in [-0.1, -0.05) is 17.7 Å². The lowest BCUT2D eigenvalue weighted by Crippen LogP contribution is -2.39. The van der Waals surface area contributed by atoms with Crippen molar-refractivity contribution in [2.24, 2.45) is 0 Å². The number of likely N-dealkylation sites (tertiary alicyclic amines) is 1. The Hall–Kier alpha value is -2.54. The van der Waals surface area contributed by atoms with Crippen molar-refractivity contribution in [3.63, 3.8) is 0 Å². The molecule has 1 aliphatic heterocycles. The first kappa shape index (κ1) is 16.9. The number of aromatic nitrogens is 4. The van der Waals surface area contributed by atoms with Gasteiger partial charge in [-0.05, 0) is 25.0 Å². The lowest BCUT2D eigenvalue weighted by molar-refractivity contribution is -0.131. The number of piperidine rings is 1. The van der Waals surface area contributed by atoms with Crippen molar-refractivity contribution in [3.8, 4) is 0 Å². The van der Waals surface area contributed by atoms with Gasteiger partial charge >= 0.3 is 0 Å². The third-order valence-corrected chi connectivity index (χ3v) is 5.22. The summed E-state index contributed by atoms with van der Waals surface area (Å²) in [5, 5.41) is 7.51. The van der Waals surface area contributed by atoms with Crippen LogP contribution in [0.2, 0.25) is 5.02 Å². The first-order chi connectivity index (χ1) is 12.6. The summed E-state index contributed by atoms with van der Waals surface area (Å²) in [7, 11) is 0. The molecule has 1 N–H and O–H groups in total. The minimum absolute atomic E-state index is 0.0192. The van der Waals surface area contributed by atoms with Crippen LogP contribution in [0.3, 0.4) is 0 Å². The maximum absolute atomic E-state index is 13.9. The Morgan fingerprint density at radius 1 is 1.27 bits per heavy atom. The molecule has 26 heavy (non-hydrogen) atoms. The van der Waals surface area contributed by atoms with E-state index in [-0.39, 0.29) is 28.8 Å². The number of benzene rings is 1. The van der Waals surface area contributed by atoms with Crippen molar-refractivity contribution >= 4 is 28.7 Å². The number of nitrogens with zero attached hydrogens (tertiary/aromatic N) is 4. The number of halogens is 2. The largest absolute Gasteiger partial charge is 0.342 e. The molecule has 3 heterocycles. The van der Waals surface area contributed by atoms with Gasteiger partial charge in [-0.25, -0.2) is 14.4 Å². The zero-order valence-corrected chi connectivity index (χ0v) is 14.7. The molecule has 0 bridgehead atoms. The Bertz CT molecular complexity index is 931. The average molecular weight is 374 g/mol. The van der Waals surface area contributed by atoms with Crippen molar-refractivity contribution < 1.29 is 9.18 Å². The zero-order valence-electron chi connectivity index (χ0n) is 14.0. The highest BCUT2D eigenvalue weighted by Crippen LogP contribution is 2.30. The third kappa shape index (κ3) is 3.14. The Kier molecular flexibility index (Phi) is 4.55. The van der Waals surface area contributed by atoms with Crippen molar-refractivity contribution in [2.75, 3.05) is 13.1 Å². The Labute approximate surface area is 154 Å². The molecule has 1 fully saturated rings. The first-order valence-corrected chi connectivity index (χ1v) is 8.87. The molecule has 0 spiro atoms. The number of aromatic amines is 1. The van der Waals surface area contributed by atoms with E-state index < -0.39 is 5.82 Å². The Morgan fingerprint density at radius 2 is 2.04 bits per heavy atom. The predicted molar refractivity (Wildman–Crippen MR) is 95.4 cm³/mol. The summed E-state index contributed by atoms with van der Waals surface area (Å²) < 4.78 is 13.9. The second-order valence-electron chi connectivity index (χ2n) is 6.40. The first-order valence-electron chi connectivity index (χ1n) is 8.49. The Morgan fingerprint density at radius 3 is 2.81 bits per heavy atom. The van der Waals surface area contributed by atoms with Crippen LogP contribution in [0.4, 0.5) is 4.39 Å². The zero-order chi connectivity index (χ0) is 18.1. The summed E-state index contributed by atoms with van der Waals surface area (Å²) in [6, 6.07) is 4.46. The van der Waals surface area contributed by atoms with E-state index in [1.54, 1.807) is 23.4 Å². The summed E-state index contributed by atoms with van der Waals surface area (Å²) in [4.78, 5) is 22.8. The molecule has 3 aromatic rings. The molecule has 0 atom stereocenters. The second-order valence-corrected chi connectivity index (χ2v) is 6.81. The van der Waals surface area contributed by atoms with Crippen molar-refractivity contribution in [1.82, 2.24) is 25.1 Å². The van der Waals surface area contributed by atoms with Crippen LogP contribution >= 0.6 is 11.6 Å². The quantitative estimate of drug-likeness (QED) is 0.765. The summed E-state index contributed by atoms with van der Waals surface area (Å²) in [5.41, 5.74) is 2.62. The highest BCUT2D eigenvalue weighted by molar-refractivity contribution is 6.31. The van der Waals surface area contributed by atoms with Gasteiger partial charge in [0.15, 0.2) is 5.65 Å². The fourth-order valence-electron chi connectivity index (χ4n) is 3.44. The van der Waals surface area contributed by atoms with Crippen LogP contribution in [0, 0.1) is 5.82 Å². The van der Waals surface area contributed by atoms with Gasteiger partial charge in [0.25, 0.3) is 0 Å². The van der Waals surface area contributed by atoms with E-state index in [9.17, 15) is 9.18 Å². The minimum atomic E-state index is -0.441. The fraction of sp³-hybridized carbons (Fsp3) is 0.333. The molecule has 1 aromatic carbocycles. The van der Waals surface area contributed by atoms with Gasteiger partial charge in [-0.15, -0.1) is 0 Å². The maximum atomic E-state index is 13.9. The molecular weight excluding hydrogens is 357 g/mol. The molecule has 0 aliphatic carbocycles. The molecule has 6 nitrogen and oxygen atoms in total. The predicted octanol–water partition coefficient (Wildman–Crippen LogP) is 3.09. The van der Waals surface area contributed by atoms with Gasteiger partial charge in [-0.2, -0.15) is 5.10 Å². The van der Waals surface area contributed by atoms with Crippen molar-refractivity contribution in [2.45, 2.75) is 25.2 Å². The molecule has 0 unspecified atom stereocenters. The van der Waals surface area contributed by atoms with Crippen molar-refractivity contribution in [1.29, 1.82) is 0 Å². The van der Waals surface area contributed by atoms with E-state index in [4.69, 9.17) is 11.6 Å². The molecule has 2 aromatic heterocycles. The van der Waals surface area contributed by atoms with E-state index in [2.05, 4.69) is 20.2 Å². The maximum Gasteiger partial charge on any atom is 0.227 e. The van der Waals surface area contributed by atoms with Crippen LogP contribution in [-0.4, -0.2) is 44.1 Å². The summed E-state index contributed by atoms with van der Waals surface area (Å²) in [6.45, 7) is 1.21. The van der Waals surface area contributed by atoms with Gasteiger partial charge in [0, 0.05) is 42.0 Å². The van der Waals surface area contributed by atoms with Gasteiger partial charge in [0.2, 0.25) is 5.91 Å². The van der Waals surface area contributed by atoms with Gasteiger partial charge in [0.05, 0.1) is 12.1 Å². The lowest BCUT2D eigenvalue weighted by atomic mass is 9.92. The molecule has 0 saturated carbocycles. The lowest BCUT2D eigenvalue weighted by Gasteiger charge is -2.31. The van der Waals surface area contributed by atoms with E-state index in [0.717, 1.165) is 24.1 Å². The molecule has 4 rings (SSSR count). The van der Waals surface area contributed by atoms with Crippen LogP contribution in [0.15, 0.2) is 30.6 Å². The van der Waals surface area contributed by atoms with E-state index >= 15 is 0 Å². The number of hydrogen-bond donors (Lipinski definition) is 1. The summed E-state index contributed by atoms with van der Waals surface area (Å²) >= 11 is 6.02. The number of nitrogens with one attached hydrogen (secondary N) is 1. The van der Waals surface area contributed by atoms with E-state index in [1.165, 1.54) is 12.1 Å². The third-order valence-electron chi connectivity index (χ3n) is 4.86. The number of fused-ring (bicyclic) bond motifs is 1. The topological polar surface area (TPSA) is 74.8 Å². The molecule has 1 aliphatic rings. The highest BCUT2D eigenvalue weighted by atomic mass is 35.5. The molecule has 134 valence electrons. The van der Waals surface area contributed by atoms with Gasteiger partial charge in [0.1, 0.15) is 11.3 Å². The monoisotopic (exact) mass is 373 g/mol. The summed E-state index contributed by atoms with van der Waals surface area (Å²) in [6.07, 6.45) is 4.84. The number of carbonyl (C=O) groups excluding carboxylic acids is 1. The number of hydrogen-bond acceptors (Lipinski definition) is 4. The van der Waals surface area contributed by atoms with E-state index in [1.807, 2.05) is 0 Å². The van der Waals surface area contributed by atoms with E-state index in [0.29, 0.717) is 18.7 Å². The Balaban J connectivity index is 1.43. The number of carbonyl (C=O) groups is 1. The fourth-order valence-corrected chi connectivity index (χ4v) is 3.66. The molecule has 8 heteroatoms. The van der Waals surface area contributed by atoms with Gasteiger partial charge in [-0.3, -0.25) is 9.89 Å².